The number of phenolic OH excluding ortho intramolecular Hbond substituents is 1. The molecule has 0 amide bonds. The van der Waals surface area contributed by atoms with Crippen LogP contribution in [0.15, 0.2) is 35.2 Å². The third kappa shape index (κ3) is 4.13. The van der Waals surface area contributed by atoms with Crippen molar-refractivity contribution < 1.29 is 19.0 Å². The van der Waals surface area contributed by atoms with Crippen molar-refractivity contribution >= 4 is 23.4 Å². The Balaban J connectivity index is 1.38. The molecule has 0 aliphatic carbocycles. The fourth-order valence-electron chi connectivity index (χ4n) is 3.37. The molecule has 27 heavy (non-hydrogen) atoms. The summed E-state index contributed by atoms with van der Waals surface area (Å²) in [5.41, 5.74) is 0.986. The first kappa shape index (κ1) is 18.7. The highest BCUT2D eigenvalue weighted by atomic mass is 35.5. The van der Waals surface area contributed by atoms with Gasteiger partial charge in [-0.2, -0.15) is 0 Å². The Morgan fingerprint density at radius 2 is 2.00 bits per heavy atom. The van der Waals surface area contributed by atoms with E-state index < -0.39 is 11.6 Å². The summed E-state index contributed by atoms with van der Waals surface area (Å²) < 4.78 is 25.4. The molecule has 0 saturated carbocycles. The Morgan fingerprint density at radius 3 is 2.74 bits per heavy atom. The number of aromatic hydroxyl groups is 1. The van der Waals surface area contributed by atoms with Crippen molar-refractivity contribution in [1.29, 1.82) is 0 Å². The number of benzene rings is 2. The molecule has 0 bridgehead atoms. The average Bonchev–Trinajstić information content (AvgIpc) is 3.20. The van der Waals surface area contributed by atoms with E-state index in [1.165, 1.54) is 43.8 Å². The molecule has 2 aliphatic heterocycles. The van der Waals surface area contributed by atoms with E-state index in [2.05, 4.69) is 4.90 Å². The molecule has 2 aromatic rings. The Labute approximate surface area is 167 Å². The standard InChI is InChI=1S/C20H21ClFNO3S/c21-18-19(24)15(22)11-17-20(18)26-16(12-27-17)13-3-5-14(6-4-13)25-10-9-23-7-1-2-8-23/h3-6,11,16,24H,1-2,7-10,12H2/t16-/m1/s1. The molecule has 4 rings (SSSR count). The van der Waals surface area contributed by atoms with Crippen molar-refractivity contribution in [2.24, 2.45) is 0 Å². The number of ether oxygens (including phenoxy) is 2. The summed E-state index contributed by atoms with van der Waals surface area (Å²) in [4.78, 5) is 3.02. The van der Waals surface area contributed by atoms with Crippen LogP contribution < -0.4 is 9.47 Å². The molecule has 0 aromatic heterocycles. The van der Waals surface area contributed by atoms with E-state index in [4.69, 9.17) is 21.1 Å². The molecular formula is C20H21ClFNO3S. The zero-order chi connectivity index (χ0) is 18.8. The smallest absolute Gasteiger partial charge is 0.174 e. The number of likely N-dealkylation sites (tertiary alicyclic amines) is 1. The van der Waals surface area contributed by atoms with Crippen LogP contribution in [-0.2, 0) is 0 Å². The Morgan fingerprint density at radius 1 is 1.26 bits per heavy atom. The van der Waals surface area contributed by atoms with E-state index in [-0.39, 0.29) is 11.1 Å². The number of phenols is 1. The van der Waals surface area contributed by atoms with Gasteiger partial charge in [-0.05, 0) is 49.7 Å². The zero-order valence-electron chi connectivity index (χ0n) is 14.8. The van der Waals surface area contributed by atoms with Gasteiger partial charge in [-0.15, -0.1) is 11.8 Å². The summed E-state index contributed by atoms with van der Waals surface area (Å²) in [6, 6.07) is 9.07. The number of fused-ring (bicyclic) bond motifs is 1. The second-order valence-electron chi connectivity index (χ2n) is 6.73. The van der Waals surface area contributed by atoms with E-state index >= 15 is 0 Å². The molecule has 2 aromatic carbocycles. The molecule has 2 aliphatic rings. The molecule has 4 nitrogen and oxygen atoms in total. The van der Waals surface area contributed by atoms with E-state index in [0.29, 0.717) is 23.0 Å². The van der Waals surface area contributed by atoms with Gasteiger partial charge in [0.2, 0.25) is 0 Å². The van der Waals surface area contributed by atoms with Crippen LogP contribution in [0, 0.1) is 5.82 Å². The topological polar surface area (TPSA) is 41.9 Å². The van der Waals surface area contributed by atoms with Crippen LogP contribution in [0.25, 0.3) is 0 Å². The second-order valence-corrected chi connectivity index (χ2v) is 8.17. The largest absolute Gasteiger partial charge is 0.504 e. The van der Waals surface area contributed by atoms with Crippen LogP contribution in [0.4, 0.5) is 4.39 Å². The summed E-state index contributed by atoms with van der Waals surface area (Å²) in [6.07, 6.45) is 2.35. The first-order chi connectivity index (χ1) is 13.1. The van der Waals surface area contributed by atoms with Gasteiger partial charge in [0.1, 0.15) is 23.5 Å². The van der Waals surface area contributed by atoms with Gasteiger partial charge in [-0.1, -0.05) is 23.7 Å². The van der Waals surface area contributed by atoms with Crippen molar-refractivity contribution in [1.82, 2.24) is 4.90 Å². The SMILES string of the molecule is Oc1c(F)cc2c(c1Cl)O[C@@H](c1ccc(OCCN3CCCC3)cc1)CS2. The van der Waals surface area contributed by atoms with Gasteiger partial charge >= 0.3 is 0 Å². The molecule has 1 saturated heterocycles. The number of hydrogen-bond donors (Lipinski definition) is 1. The average molecular weight is 410 g/mol. The lowest BCUT2D eigenvalue weighted by atomic mass is 10.1. The first-order valence-corrected chi connectivity index (χ1v) is 10.4. The summed E-state index contributed by atoms with van der Waals surface area (Å²) in [5, 5.41) is 9.62. The number of thioether (sulfide) groups is 1. The lowest BCUT2D eigenvalue weighted by molar-refractivity contribution is 0.218. The van der Waals surface area contributed by atoms with Crippen LogP contribution in [0.2, 0.25) is 5.02 Å². The summed E-state index contributed by atoms with van der Waals surface area (Å²) in [5.74, 6) is 0.507. The summed E-state index contributed by atoms with van der Waals surface area (Å²) in [7, 11) is 0. The van der Waals surface area contributed by atoms with Crippen molar-refractivity contribution in [3.8, 4) is 17.2 Å². The van der Waals surface area contributed by atoms with Crippen molar-refractivity contribution in [2.75, 3.05) is 32.0 Å². The quantitative estimate of drug-likeness (QED) is 0.761. The van der Waals surface area contributed by atoms with Crippen LogP contribution in [0.1, 0.15) is 24.5 Å². The van der Waals surface area contributed by atoms with E-state index in [1.54, 1.807) is 0 Å². The lowest BCUT2D eigenvalue weighted by Crippen LogP contribution is -2.25. The fraction of sp³-hybridized carbons (Fsp3) is 0.400. The lowest BCUT2D eigenvalue weighted by Gasteiger charge is -2.27. The maximum absolute atomic E-state index is 13.6. The number of rotatable bonds is 5. The van der Waals surface area contributed by atoms with Gasteiger partial charge in [-0.25, -0.2) is 4.39 Å². The third-order valence-corrected chi connectivity index (χ3v) is 6.33. The van der Waals surface area contributed by atoms with Crippen LogP contribution in [-0.4, -0.2) is 42.0 Å². The first-order valence-electron chi connectivity index (χ1n) is 9.07. The van der Waals surface area contributed by atoms with Crippen LogP contribution >= 0.6 is 23.4 Å². The number of hydrogen-bond acceptors (Lipinski definition) is 5. The highest BCUT2D eigenvalue weighted by Crippen LogP contribution is 2.48. The third-order valence-electron chi connectivity index (χ3n) is 4.89. The predicted molar refractivity (Wildman–Crippen MR) is 105 cm³/mol. The van der Waals surface area contributed by atoms with Gasteiger partial charge in [0.25, 0.3) is 0 Å². The number of halogens is 2. The fourth-order valence-corrected chi connectivity index (χ4v) is 4.72. The number of nitrogens with zero attached hydrogens (tertiary/aromatic N) is 1. The van der Waals surface area contributed by atoms with Gasteiger partial charge in [-0.3, -0.25) is 4.90 Å². The van der Waals surface area contributed by atoms with Gasteiger partial charge in [0, 0.05) is 12.3 Å². The van der Waals surface area contributed by atoms with Gasteiger partial charge in [0.05, 0.1) is 4.90 Å². The van der Waals surface area contributed by atoms with Crippen LogP contribution in [0.5, 0.6) is 17.2 Å². The van der Waals surface area contributed by atoms with Crippen molar-refractivity contribution in [2.45, 2.75) is 23.8 Å². The Kier molecular flexibility index (Phi) is 5.66. The van der Waals surface area contributed by atoms with Crippen molar-refractivity contribution in [3.63, 3.8) is 0 Å². The van der Waals surface area contributed by atoms with Crippen LogP contribution in [0.3, 0.4) is 0 Å². The normalized spacial score (nSPS) is 19.6. The molecule has 0 radical (unpaired) electrons. The van der Waals surface area contributed by atoms with Gasteiger partial charge < -0.3 is 14.6 Å². The molecule has 1 fully saturated rings. The van der Waals surface area contributed by atoms with E-state index in [1.807, 2.05) is 24.3 Å². The minimum absolute atomic E-state index is 0.0796. The molecule has 1 atom stereocenters. The molecule has 0 spiro atoms. The molecule has 144 valence electrons. The highest BCUT2D eigenvalue weighted by Gasteiger charge is 2.27. The maximum Gasteiger partial charge on any atom is 0.174 e. The second kappa shape index (κ2) is 8.17. The Hall–Kier alpha value is -1.63. The van der Waals surface area contributed by atoms with E-state index in [0.717, 1.165) is 17.9 Å². The minimum Gasteiger partial charge on any atom is -0.504 e. The summed E-state index contributed by atoms with van der Waals surface area (Å²) in [6.45, 7) is 3.98. The van der Waals surface area contributed by atoms with E-state index in [9.17, 15) is 9.50 Å². The maximum atomic E-state index is 13.6. The summed E-state index contributed by atoms with van der Waals surface area (Å²) >= 11 is 7.52. The van der Waals surface area contributed by atoms with Gasteiger partial charge in [0.15, 0.2) is 17.3 Å². The molecule has 0 unspecified atom stereocenters. The monoisotopic (exact) mass is 409 g/mol. The molecule has 7 heteroatoms. The Bertz CT molecular complexity index is 812. The molecule has 1 N–H and O–H groups in total. The molecular weight excluding hydrogens is 389 g/mol. The predicted octanol–water partition coefficient (Wildman–Crippen LogP) is 4.89. The van der Waals surface area contributed by atoms with Crippen molar-refractivity contribution in [3.05, 3.63) is 46.7 Å². The highest BCUT2D eigenvalue weighted by molar-refractivity contribution is 7.99. The minimum atomic E-state index is -0.733. The zero-order valence-corrected chi connectivity index (χ0v) is 16.4. The molecule has 2 heterocycles.